The molecule has 1 heterocycles. The minimum Gasteiger partial charge on any atom is -0.384 e. The Labute approximate surface area is 100 Å². The highest BCUT2D eigenvalue weighted by atomic mass is 15.3. The lowest BCUT2D eigenvalue weighted by Gasteiger charge is -2.18. The molecule has 88 valence electrons. The lowest BCUT2D eigenvalue weighted by molar-refractivity contribution is 0.884. The zero-order valence-corrected chi connectivity index (χ0v) is 9.88. The maximum Gasteiger partial charge on any atom is 0.209 e. The van der Waals surface area contributed by atoms with E-state index in [9.17, 15) is 0 Å². The Kier molecular flexibility index (Phi) is 2.82. The molecule has 0 bridgehead atoms. The molecule has 0 aliphatic heterocycles. The zero-order valence-electron chi connectivity index (χ0n) is 9.88. The van der Waals surface area contributed by atoms with Crippen molar-refractivity contribution in [1.82, 2.24) is 9.55 Å². The van der Waals surface area contributed by atoms with Crippen LogP contribution in [-0.2, 0) is 7.05 Å². The van der Waals surface area contributed by atoms with E-state index in [2.05, 4.69) is 4.98 Å². The third-order valence-electron chi connectivity index (χ3n) is 2.66. The van der Waals surface area contributed by atoms with Crippen molar-refractivity contribution in [3.8, 4) is 0 Å². The Hall–Kier alpha value is -2.30. The third kappa shape index (κ3) is 2.13. The highest BCUT2D eigenvalue weighted by Crippen LogP contribution is 2.21. The minimum atomic E-state index is 0.0798. The molecule has 17 heavy (non-hydrogen) atoms. The number of benzene rings is 1. The summed E-state index contributed by atoms with van der Waals surface area (Å²) in [6.07, 6.45) is 3.66. The molecule has 0 saturated carbocycles. The number of rotatable bonds is 3. The molecular weight excluding hydrogens is 214 g/mol. The molecule has 0 fully saturated rings. The Morgan fingerprint density at radius 2 is 2.00 bits per heavy atom. The van der Waals surface area contributed by atoms with E-state index in [1.54, 1.807) is 6.20 Å². The molecule has 5 nitrogen and oxygen atoms in total. The summed E-state index contributed by atoms with van der Waals surface area (Å²) in [6, 6.07) is 7.50. The molecule has 0 atom stereocenters. The van der Waals surface area contributed by atoms with Gasteiger partial charge in [0.15, 0.2) is 0 Å². The highest BCUT2D eigenvalue weighted by Gasteiger charge is 2.08. The fraction of sp³-hybridized carbons (Fsp3) is 0.167. The van der Waals surface area contributed by atoms with Crippen molar-refractivity contribution in [3.63, 3.8) is 0 Å². The summed E-state index contributed by atoms with van der Waals surface area (Å²) >= 11 is 0. The maximum atomic E-state index is 7.33. The molecule has 2 aromatic rings. The normalized spacial score (nSPS) is 10.2. The molecule has 0 saturated heterocycles. The van der Waals surface area contributed by atoms with Crippen molar-refractivity contribution in [2.75, 3.05) is 11.9 Å². The molecule has 1 aromatic carbocycles. The number of nitrogens with two attached hydrogens (primary N) is 1. The average molecular weight is 229 g/mol. The molecule has 0 aliphatic carbocycles. The Balaban J connectivity index is 2.29. The second kappa shape index (κ2) is 4.29. The van der Waals surface area contributed by atoms with Crippen molar-refractivity contribution in [2.45, 2.75) is 0 Å². The van der Waals surface area contributed by atoms with E-state index in [1.807, 2.05) is 54.0 Å². The van der Waals surface area contributed by atoms with Crippen molar-refractivity contribution in [3.05, 3.63) is 42.2 Å². The summed E-state index contributed by atoms with van der Waals surface area (Å²) in [6.45, 7) is 0. The lowest BCUT2D eigenvalue weighted by Crippen LogP contribution is -2.15. The van der Waals surface area contributed by atoms with Crippen LogP contribution in [0.4, 0.5) is 11.6 Å². The van der Waals surface area contributed by atoms with Crippen LogP contribution in [0.2, 0.25) is 0 Å². The smallest absolute Gasteiger partial charge is 0.209 e. The van der Waals surface area contributed by atoms with Crippen LogP contribution in [0, 0.1) is 5.41 Å². The summed E-state index contributed by atoms with van der Waals surface area (Å²) in [4.78, 5) is 6.25. The number of aryl methyl sites for hydroxylation is 1. The van der Waals surface area contributed by atoms with Gasteiger partial charge in [-0.2, -0.15) is 0 Å². The maximum absolute atomic E-state index is 7.33. The van der Waals surface area contributed by atoms with Crippen molar-refractivity contribution >= 4 is 17.5 Å². The van der Waals surface area contributed by atoms with Crippen molar-refractivity contribution < 1.29 is 0 Å². The molecule has 0 radical (unpaired) electrons. The quantitative estimate of drug-likeness (QED) is 0.618. The van der Waals surface area contributed by atoms with Gasteiger partial charge in [-0.25, -0.2) is 4.98 Å². The van der Waals surface area contributed by atoms with Crippen molar-refractivity contribution in [1.29, 1.82) is 5.41 Å². The number of nitrogens with one attached hydrogen (secondary N) is 1. The van der Waals surface area contributed by atoms with Crippen LogP contribution in [0.25, 0.3) is 0 Å². The first-order valence-corrected chi connectivity index (χ1v) is 5.25. The Morgan fingerprint density at radius 3 is 2.47 bits per heavy atom. The first-order chi connectivity index (χ1) is 8.09. The first-order valence-electron chi connectivity index (χ1n) is 5.25. The van der Waals surface area contributed by atoms with Crippen LogP contribution in [0.1, 0.15) is 5.56 Å². The molecule has 1 aromatic heterocycles. The van der Waals surface area contributed by atoms with Crippen LogP contribution in [0.5, 0.6) is 0 Å². The molecule has 0 unspecified atom stereocenters. The summed E-state index contributed by atoms with van der Waals surface area (Å²) in [5.41, 5.74) is 7.14. The van der Waals surface area contributed by atoms with Crippen LogP contribution >= 0.6 is 0 Å². The summed E-state index contributed by atoms with van der Waals surface area (Å²) in [5, 5.41) is 7.33. The SMILES string of the molecule is CN(c1ccc(C(=N)N)cc1)c1nccn1C. The summed E-state index contributed by atoms with van der Waals surface area (Å²) in [5.74, 6) is 0.941. The zero-order chi connectivity index (χ0) is 12.4. The minimum absolute atomic E-state index is 0.0798. The molecular formula is C12H15N5. The number of hydrogen-bond donors (Lipinski definition) is 2. The van der Waals surface area contributed by atoms with Gasteiger partial charge in [-0.1, -0.05) is 0 Å². The number of nitrogens with zero attached hydrogens (tertiary/aromatic N) is 3. The fourth-order valence-electron chi connectivity index (χ4n) is 1.66. The number of amidine groups is 1. The number of hydrogen-bond acceptors (Lipinski definition) is 3. The van der Waals surface area contributed by atoms with Crippen LogP contribution < -0.4 is 10.6 Å². The van der Waals surface area contributed by atoms with Gasteiger partial charge in [-0.05, 0) is 24.3 Å². The van der Waals surface area contributed by atoms with Gasteiger partial charge in [-0.15, -0.1) is 0 Å². The third-order valence-corrected chi connectivity index (χ3v) is 2.66. The fourth-order valence-corrected chi connectivity index (χ4v) is 1.66. The molecule has 0 spiro atoms. The second-order valence-electron chi connectivity index (χ2n) is 3.86. The second-order valence-corrected chi connectivity index (χ2v) is 3.86. The Morgan fingerprint density at radius 1 is 1.35 bits per heavy atom. The van der Waals surface area contributed by atoms with E-state index < -0.39 is 0 Å². The largest absolute Gasteiger partial charge is 0.384 e. The highest BCUT2D eigenvalue weighted by molar-refractivity contribution is 5.95. The first kappa shape index (κ1) is 11.2. The average Bonchev–Trinajstić information content (AvgIpc) is 2.74. The van der Waals surface area contributed by atoms with Crippen LogP contribution in [-0.4, -0.2) is 22.4 Å². The molecule has 2 rings (SSSR count). The van der Waals surface area contributed by atoms with Gasteiger partial charge in [-0.3, -0.25) is 5.41 Å². The molecule has 5 heteroatoms. The van der Waals surface area contributed by atoms with Gasteiger partial charge in [0.05, 0.1) is 0 Å². The summed E-state index contributed by atoms with van der Waals surface area (Å²) in [7, 11) is 3.90. The van der Waals surface area contributed by atoms with Gasteiger partial charge >= 0.3 is 0 Å². The van der Waals surface area contributed by atoms with E-state index >= 15 is 0 Å². The monoisotopic (exact) mass is 229 g/mol. The van der Waals surface area contributed by atoms with Gasteiger partial charge in [0.2, 0.25) is 5.95 Å². The van der Waals surface area contributed by atoms with Gasteiger partial charge < -0.3 is 15.2 Å². The van der Waals surface area contributed by atoms with E-state index in [4.69, 9.17) is 11.1 Å². The number of nitrogen functional groups attached to an aromatic ring is 1. The topological polar surface area (TPSA) is 70.9 Å². The number of anilines is 2. The molecule has 3 N–H and O–H groups in total. The van der Waals surface area contributed by atoms with Crippen LogP contribution in [0.3, 0.4) is 0 Å². The van der Waals surface area contributed by atoms with Crippen LogP contribution in [0.15, 0.2) is 36.7 Å². The van der Waals surface area contributed by atoms with E-state index in [0.717, 1.165) is 17.2 Å². The van der Waals surface area contributed by atoms with Crippen molar-refractivity contribution in [2.24, 2.45) is 12.8 Å². The predicted octanol–water partition coefficient (Wildman–Crippen LogP) is 1.47. The van der Waals surface area contributed by atoms with E-state index in [-0.39, 0.29) is 5.84 Å². The predicted molar refractivity (Wildman–Crippen MR) is 68.7 cm³/mol. The lowest BCUT2D eigenvalue weighted by atomic mass is 10.2. The van der Waals surface area contributed by atoms with Gasteiger partial charge in [0.25, 0.3) is 0 Å². The standard InChI is InChI=1S/C12H15N5/c1-16-8-7-15-12(16)17(2)10-5-3-9(4-6-10)11(13)14/h3-8H,1-2H3,(H3,13,14). The molecule has 0 aliphatic rings. The number of imidazole rings is 1. The Bertz CT molecular complexity index is 526. The van der Waals surface area contributed by atoms with E-state index in [1.165, 1.54) is 0 Å². The summed E-state index contributed by atoms with van der Waals surface area (Å²) < 4.78 is 1.94. The van der Waals surface area contributed by atoms with E-state index in [0.29, 0.717) is 0 Å². The molecule has 0 amide bonds. The van der Waals surface area contributed by atoms with Gasteiger partial charge in [0.1, 0.15) is 5.84 Å². The number of aromatic nitrogens is 2. The van der Waals surface area contributed by atoms with Gasteiger partial charge in [0, 0.05) is 37.7 Å².